The Morgan fingerprint density at radius 3 is 2.89 bits per heavy atom. The number of hydrogen-bond donors (Lipinski definition) is 1. The van der Waals surface area contributed by atoms with Crippen LogP contribution in [0.4, 0.5) is 0 Å². The third-order valence-corrected chi connectivity index (χ3v) is 4.00. The smallest absolute Gasteiger partial charge is 0.242 e. The molecule has 0 aliphatic carbocycles. The van der Waals surface area contributed by atoms with Gasteiger partial charge < -0.3 is 10.1 Å². The van der Waals surface area contributed by atoms with Crippen LogP contribution in [-0.4, -0.2) is 60.4 Å². The van der Waals surface area contributed by atoms with E-state index < -0.39 is 0 Å². The Morgan fingerprint density at radius 1 is 1.53 bits per heavy atom. The highest BCUT2D eigenvalue weighted by Crippen LogP contribution is 2.25. The van der Waals surface area contributed by atoms with Crippen LogP contribution in [0.25, 0.3) is 0 Å². The predicted molar refractivity (Wildman–Crippen MR) is 72.8 cm³/mol. The molecule has 1 rings (SSSR count). The molecule has 0 saturated carbocycles. The SMILES string of the molecule is CCOCCN1C(=O)CC(SCCC(=O)NC)C1=O. The highest BCUT2D eigenvalue weighted by atomic mass is 32.2. The zero-order valence-corrected chi connectivity index (χ0v) is 12.1. The van der Waals surface area contributed by atoms with Crippen LogP contribution in [0.2, 0.25) is 0 Å². The number of hydrogen-bond acceptors (Lipinski definition) is 5. The summed E-state index contributed by atoms with van der Waals surface area (Å²) in [5.41, 5.74) is 0. The van der Waals surface area contributed by atoms with Gasteiger partial charge in [-0.25, -0.2) is 0 Å². The number of rotatable bonds is 8. The summed E-state index contributed by atoms with van der Waals surface area (Å²) in [7, 11) is 1.58. The zero-order chi connectivity index (χ0) is 14.3. The van der Waals surface area contributed by atoms with Crippen LogP contribution in [0.3, 0.4) is 0 Å². The summed E-state index contributed by atoms with van der Waals surface area (Å²) in [6, 6.07) is 0. The molecule has 1 unspecified atom stereocenters. The molecule has 7 heteroatoms. The van der Waals surface area contributed by atoms with Gasteiger partial charge in [-0.05, 0) is 6.92 Å². The van der Waals surface area contributed by atoms with E-state index >= 15 is 0 Å². The Kier molecular flexibility index (Phi) is 6.86. The standard InChI is InChI=1S/C12H20N2O4S/c1-3-18-6-5-14-11(16)8-9(12(14)17)19-7-4-10(15)13-2/h9H,3-8H2,1-2H3,(H,13,15). The van der Waals surface area contributed by atoms with Crippen molar-refractivity contribution in [3.8, 4) is 0 Å². The van der Waals surface area contributed by atoms with Gasteiger partial charge in [0.2, 0.25) is 17.7 Å². The van der Waals surface area contributed by atoms with Gasteiger partial charge >= 0.3 is 0 Å². The van der Waals surface area contributed by atoms with E-state index in [1.165, 1.54) is 16.7 Å². The van der Waals surface area contributed by atoms with Crippen LogP contribution < -0.4 is 5.32 Å². The highest BCUT2D eigenvalue weighted by Gasteiger charge is 2.38. The maximum Gasteiger partial charge on any atom is 0.242 e. The van der Waals surface area contributed by atoms with Crippen molar-refractivity contribution < 1.29 is 19.1 Å². The third-order valence-electron chi connectivity index (χ3n) is 2.79. The molecule has 1 atom stereocenters. The molecule has 108 valence electrons. The second-order valence-electron chi connectivity index (χ2n) is 4.07. The minimum absolute atomic E-state index is 0.0579. The predicted octanol–water partition coefficient (Wildman–Crippen LogP) is 0.0197. The average Bonchev–Trinajstić information content (AvgIpc) is 2.66. The molecular formula is C12H20N2O4S. The van der Waals surface area contributed by atoms with Gasteiger partial charge in [-0.3, -0.25) is 19.3 Å². The molecule has 0 aromatic rings. The number of ether oxygens (including phenoxy) is 1. The minimum atomic E-state index is -0.348. The van der Waals surface area contributed by atoms with E-state index in [1.807, 2.05) is 6.92 Å². The van der Waals surface area contributed by atoms with Gasteiger partial charge in [-0.1, -0.05) is 0 Å². The van der Waals surface area contributed by atoms with Crippen LogP contribution in [0.15, 0.2) is 0 Å². The summed E-state index contributed by atoms with van der Waals surface area (Å²) >= 11 is 1.37. The normalized spacial score (nSPS) is 19.1. The van der Waals surface area contributed by atoms with Gasteiger partial charge in [-0.15, -0.1) is 11.8 Å². The van der Waals surface area contributed by atoms with E-state index in [2.05, 4.69) is 5.32 Å². The largest absolute Gasteiger partial charge is 0.380 e. The van der Waals surface area contributed by atoms with E-state index in [0.29, 0.717) is 31.9 Å². The lowest BCUT2D eigenvalue weighted by molar-refractivity contribution is -0.139. The monoisotopic (exact) mass is 288 g/mol. The van der Waals surface area contributed by atoms with E-state index in [0.717, 1.165) is 0 Å². The summed E-state index contributed by atoms with van der Waals surface area (Å²) in [5, 5.41) is 2.17. The van der Waals surface area contributed by atoms with Crippen molar-refractivity contribution in [3.05, 3.63) is 0 Å². The second-order valence-corrected chi connectivity index (χ2v) is 5.38. The molecule has 1 saturated heterocycles. The first kappa shape index (κ1) is 16.0. The Labute approximate surface area is 117 Å². The molecule has 1 aliphatic rings. The molecule has 19 heavy (non-hydrogen) atoms. The molecule has 3 amide bonds. The number of likely N-dealkylation sites (tertiary alicyclic amines) is 1. The number of carbonyl (C=O) groups is 3. The lowest BCUT2D eigenvalue weighted by Gasteiger charge is -2.14. The van der Waals surface area contributed by atoms with Gasteiger partial charge in [-0.2, -0.15) is 0 Å². The van der Waals surface area contributed by atoms with Gasteiger partial charge in [0, 0.05) is 32.2 Å². The third kappa shape index (κ3) is 4.83. The second kappa shape index (κ2) is 8.16. The van der Waals surface area contributed by atoms with Crippen molar-refractivity contribution in [2.75, 3.05) is 32.6 Å². The van der Waals surface area contributed by atoms with Gasteiger partial charge in [0.1, 0.15) is 0 Å². The van der Waals surface area contributed by atoms with Crippen molar-refractivity contribution in [2.45, 2.75) is 25.0 Å². The van der Waals surface area contributed by atoms with Crippen molar-refractivity contribution in [3.63, 3.8) is 0 Å². The van der Waals surface area contributed by atoms with Crippen LogP contribution in [0, 0.1) is 0 Å². The van der Waals surface area contributed by atoms with Crippen LogP contribution in [0.1, 0.15) is 19.8 Å². The van der Waals surface area contributed by atoms with Gasteiger partial charge in [0.25, 0.3) is 0 Å². The number of carbonyl (C=O) groups excluding carboxylic acids is 3. The molecule has 0 aromatic heterocycles. The molecule has 1 heterocycles. The lowest BCUT2D eigenvalue weighted by atomic mass is 10.4. The van der Waals surface area contributed by atoms with Crippen molar-refractivity contribution in [1.82, 2.24) is 10.2 Å². The summed E-state index contributed by atoms with van der Waals surface area (Å²) in [4.78, 5) is 36.0. The summed E-state index contributed by atoms with van der Waals surface area (Å²) in [5.74, 6) is 0.175. The summed E-state index contributed by atoms with van der Waals surface area (Å²) < 4.78 is 5.15. The molecule has 1 aliphatic heterocycles. The molecule has 0 bridgehead atoms. The Morgan fingerprint density at radius 2 is 2.26 bits per heavy atom. The first-order valence-electron chi connectivity index (χ1n) is 6.34. The van der Waals surface area contributed by atoms with Crippen LogP contribution in [-0.2, 0) is 19.1 Å². The van der Waals surface area contributed by atoms with Gasteiger partial charge in [0.05, 0.1) is 18.4 Å². The number of amides is 3. The fourth-order valence-corrected chi connectivity index (χ4v) is 2.85. The molecule has 1 fully saturated rings. The average molecular weight is 288 g/mol. The van der Waals surface area contributed by atoms with Crippen molar-refractivity contribution in [2.24, 2.45) is 0 Å². The van der Waals surface area contributed by atoms with E-state index in [-0.39, 0.29) is 29.4 Å². The highest BCUT2D eigenvalue weighted by molar-refractivity contribution is 8.00. The molecule has 1 N–H and O–H groups in total. The fourth-order valence-electron chi connectivity index (χ4n) is 1.74. The Bertz CT molecular complexity index is 349. The molecule has 0 spiro atoms. The fraction of sp³-hybridized carbons (Fsp3) is 0.750. The molecule has 0 radical (unpaired) electrons. The first-order valence-corrected chi connectivity index (χ1v) is 7.39. The van der Waals surface area contributed by atoms with Crippen molar-refractivity contribution in [1.29, 1.82) is 0 Å². The summed E-state index contributed by atoms with van der Waals surface area (Å²) in [6.45, 7) is 3.13. The van der Waals surface area contributed by atoms with Gasteiger partial charge in [0.15, 0.2) is 0 Å². The maximum absolute atomic E-state index is 12.0. The van der Waals surface area contributed by atoms with E-state index in [4.69, 9.17) is 4.74 Å². The first-order chi connectivity index (χ1) is 9.10. The Balaban J connectivity index is 2.35. The molecular weight excluding hydrogens is 268 g/mol. The molecule has 6 nitrogen and oxygen atoms in total. The number of thioether (sulfide) groups is 1. The number of nitrogens with zero attached hydrogens (tertiary/aromatic N) is 1. The minimum Gasteiger partial charge on any atom is -0.380 e. The maximum atomic E-state index is 12.0. The molecule has 0 aromatic carbocycles. The number of nitrogens with one attached hydrogen (secondary N) is 1. The topological polar surface area (TPSA) is 75.7 Å². The van der Waals surface area contributed by atoms with Crippen LogP contribution >= 0.6 is 11.8 Å². The number of imide groups is 1. The quantitative estimate of drug-likeness (QED) is 0.503. The van der Waals surface area contributed by atoms with Crippen molar-refractivity contribution >= 4 is 29.5 Å². The Hall–Kier alpha value is -1.08. The van der Waals surface area contributed by atoms with E-state index in [1.54, 1.807) is 7.05 Å². The summed E-state index contributed by atoms with van der Waals surface area (Å²) in [6.07, 6.45) is 0.585. The zero-order valence-electron chi connectivity index (χ0n) is 11.3. The lowest BCUT2D eigenvalue weighted by Crippen LogP contribution is -2.34. The van der Waals surface area contributed by atoms with Crippen LogP contribution in [0.5, 0.6) is 0 Å². The van der Waals surface area contributed by atoms with E-state index in [9.17, 15) is 14.4 Å².